The van der Waals surface area contributed by atoms with Crippen LogP contribution in [0.2, 0.25) is 0 Å². The molecule has 0 radical (unpaired) electrons. The van der Waals surface area contributed by atoms with E-state index in [9.17, 15) is 4.79 Å². The number of carbonyl (C=O) groups excluding carboxylic acids is 1. The molecule has 0 bridgehead atoms. The van der Waals surface area contributed by atoms with Crippen molar-refractivity contribution >= 4 is 17.3 Å². The molecule has 98 valence electrons. The Morgan fingerprint density at radius 1 is 1.56 bits per heavy atom. The van der Waals surface area contributed by atoms with Gasteiger partial charge in [-0.25, -0.2) is 0 Å². The van der Waals surface area contributed by atoms with Crippen LogP contribution in [0.1, 0.15) is 23.7 Å². The average Bonchev–Trinajstić information content (AvgIpc) is 2.39. The van der Waals surface area contributed by atoms with Crippen molar-refractivity contribution in [2.75, 3.05) is 30.3 Å². The Bertz CT molecular complexity index is 448. The van der Waals surface area contributed by atoms with E-state index < -0.39 is 5.91 Å². The molecule has 5 nitrogen and oxygen atoms in total. The van der Waals surface area contributed by atoms with Gasteiger partial charge in [0.05, 0.1) is 18.3 Å². The summed E-state index contributed by atoms with van der Waals surface area (Å²) >= 11 is 0. The molecule has 2 rings (SSSR count). The van der Waals surface area contributed by atoms with E-state index in [1.807, 2.05) is 6.07 Å². The summed E-state index contributed by atoms with van der Waals surface area (Å²) in [5.41, 5.74) is 12.8. The van der Waals surface area contributed by atoms with Crippen LogP contribution < -0.4 is 16.4 Å². The van der Waals surface area contributed by atoms with Crippen molar-refractivity contribution in [1.29, 1.82) is 0 Å². The van der Waals surface area contributed by atoms with Gasteiger partial charge in [-0.2, -0.15) is 0 Å². The number of amides is 1. The van der Waals surface area contributed by atoms with Gasteiger partial charge in [-0.05, 0) is 24.6 Å². The topological polar surface area (TPSA) is 81.6 Å². The molecule has 1 aromatic rings. The summed E-state index contributed by atoms with van der Waals surface area (Å²) in [5.74, 6) is -0.491. The van der Waals surface area contributed by atoms with Crippen LogP contribution in [0.3, 0.4) is 0 Å². The number of carbonyl (C=O) groups is 1. The first-order valence-electron chi connectivity index (χ1n) is 6.17. The molecule has 1 atom stereocenters. The summed E-state index contributed by atoms with van der Waals surface area (Å²) < 4.78 is 5.62. The van der Waals surface area contributed by atoms with Crippen molar-refractivity contribution in [3.63, 3.8) is 0 Å². The number of rotatable bonds is 3. The van der Waals surface area contributed by atoms with Crippen LogP contribution in [0.4, 0.5) is 11.4 Å². The molecule has 1 aliphatic rings. The number of morpholine rings is 1. The number of hydrogen-bond acceptors (Lipinski definition) is 4. The van der Waals surface area contributed by atoms with E-state index in [4.69, 9.17) is 16.2 Å². The maximum absolute atomic E-state index is 11.3. The van der Waals surface area contributed by atoms with Gasteiger partial charge < -0.3 is 21.1 Å². The van der Waals surface area contributed by atoms with Crippen LogP contribution in [-0.2, 0) is 4.74 Å². The maximum atomic E-state index is 11.3. The minimum Gasteiger partial charge on any atom is -0.398 e. The third-order valence-electron chi connectivity index (χ3n) is 3.26. The third kappa shape index (κ3) is 2.56. The van der Waals surface area contributed by atoms with Crippen molar-refractivity contribution in [3.8, 4) is 0 Å². The minimum absolute atomic E-state index is 0.244. The number of nitrogens with two attached hydrogens (primary N) is 2. The molecule has 0 aliphatic carbocycles. The average molecular weight is 249 g/mol. The lowest BCUT2D eigenvalue weighted by molar-refractivity contribution is 0.0384. The monoisotopic (exact) mass is 249 g/mol. The van der Waals surface area contributed by atoms with Crippen molar-refractivity contribution in [2.24, 2.45) is 5.73 Å². The van der Waals surface area contributed by atoms with Crippen molar-refractivity contribution in [2.45, 2.75) is 19.4 Å². The predicted molar refractivity (Wildman–Crippen MR) is 71.6 cm³/mol. The molecule has 1 aliphatic heterocycles. The highest BCUT2D eigenvalue weighted by Crippen LogP contribution is 2.23. The van der Waals surface area contributed by atoms with Gasteiger partial charge in [-0.3, -0.25) is 4.79 Å². The van der Waals surface area contributed by atoms with E-state index in [1.54, 1.807) is 12.1 Å². The van der Waals surface area contributed by atoms with E-state index in [0.29, 0.717) is 17.9 Å². The third-order valence-corrected chi connectivity index (χ3v) is 3.26. The number of nitrogens with zero attached hydrogens (tertiary/aromatic N) is 1. The summed E-state index contributed by atoms with van der Waals surface area (Å²) in [5, 5.41) is 0. The fourth-order valence-corrected chi connectivity index (χ4v) is 2.16. The fraction of sp³-hybridized carbons (Fsp3) is 0.462. The van der Waals surface area contributed by atoms with E-state index in [0.717, 1.165) is 25.2 Å². The Morgan fingerprint density at radius 3 is 3.00 bits per heavy atom. The van der Waals surface area contributed by atoms with Gasteiger partial charge in [-0.1, -0.05) is 6.92 Å². The first-order chi connectivity index (χ1) is 8.61. The molecule has 1 amide bonds. The van der Waals surface area contributed by atoms with Crippen LogP contribution >= 0.6 is 0 Å². The Balaban J connectivity index is 2.22. The molecule has 1 aromatic carbocycles. The fourth-order valence-electron chi connectivity index (χ4n) is 2.16. The van der Waals surface area contributed by atoms with Crippen molar-refractivity contribution in [3.05, 3.63) is 23.8 Å². The van der Waals surface area contributed by atoms with Gasteiger partial charge in [0.15, 0.2) is 0 Å². The number of primary amides is 1. The normalized spacial score (nSPS) is 19.8. The van der Waals surface area contributed by atoms with E-state index in [2.05, 4.69) is 11.8 Å². The predicted octanol–water partition coefficient (Wildman–Crippen LogP) is 0.983. The van der Waals surface area contributed by atoms with E-state index in [1.165, 1.54) is 0 Å². The molecule has 5 heteroatoms. The van der Waals surface area contributed by atoms with E-state index in [-0.39, 0.29) is 6.10 Å². The lowest BCUT2D eigenvalue weighted by atomic mass is 10.1. The highest BCUT2D eigenvalue weighted by atomic mass is 16.5. The highest BCUT2D eigenvalue weighted by Gasteiger charge is 2.20. The summed E-state index contributed by atoms with van der Waals surface area (Å²) in [6.07, 6.45) is 1.22. The lowest BCUT2D eigenvalue weighted by Crippen LogP contribution is -2.42. The van der Waals surface area contributed by atoms with Crippen LogP contribution in [0.15, 0.2) is 18.2 Å². The number of ether oxygens (including phenoxy) is 1. The Hall–Kier alpha value is -1.75. The molecule has 0 aromatic heterocycles. The van der Waals surface area contributed by atoms with Crippen LogP contribution in [0.25, 0.3) is 0 Å². The molecule has 4 N–H and O–H groups in total. The molecule has 1 heterocycles. The SMILES string of the molecule is CCC1CN(c2ccc(N)c(C(N)=O)c2)CCO1. The molecule has 1 saturated heterocycles. The van der Waals surface area contributed by atoms with Crippen LogP contribution in [-0.4, -0.2) is 31.7 Å². The van der Waals surface area contributed by atoms with Crippen molar-refractivity contribution < 1.29 is 9.53 Å². The van der Waals surface area contributed by atoms with Gasteiger partial charge >= 0.3 is 0 Å². The molecule has 1 fully saturated rings. The lowest BCUT2D eigenvalue weighted by Gasteiger charge is -2.34. The number of anilines is 2. The van der Waals surface area contributed by atoms with Crippen LogP contribution in [0.5, 0.6) is 0 Å². The zero-order valence-electron chi connectivity index (χ0n) is 10.6. The van der Waals surface area contributed by atoms with Gasteiger partial charge in [0.1, 0.15) is 0 Å². The second-order valence-corrected chi connectivity index (χ2v) is 4.48. The Labute approximate surface area is 107 Å². The standard InChI is InChI=1S/C13H19N3O2/c1-2-10-8-16(5-6-18-10)9-3-4-12(14)11(7-9)13(15)17/h3-4,7,10H,2,5-6,8,14H2,1H3,(H2,15,17). The number of benzene rings is 1. The van der Waals surface area contributed by atoms with Gasteiger partial charge in [0.25, 0.3) is 5.91 Å². The summed E-state index contributed by atoms with van der Waals surface area (Å²) in [6, 6.07) is 5.40. The maximum Gasteiger partial charge on any atom is 0.250 e. The zero-order chi connectivity index (χ0) is 13.1. The van der Waals surface area contributed by atoms with Crippen molar-refractivity contribution in [1.82, 2.24) is 0 Å². The quantitative estimate of drug-likeness (QED) is 0.782. The first-order valence-corrected chi connectivity index (χ1v) is 6.17. The van der Waals surface area contributed by atoms with Gasteiger partial charge in [0.2, 0.25) is 0 Å². The summed E-state index contributed by atoms with van der Waals surface area (Å²) in [6.45, 7) is 4.46. The molecule has 0 saturated carbocycles. The zero-order valence-corrected chi connectivity index (χ0v) is 10.6. The summed E-state index contributed by atoms with van der Waals surface area (Å²) in [7, 11) is 0. The molecule has 18 heavy (non-hydrogen) atoms. The smallest absolute Gasteiger partial charge is 0.250 e. The Kier molecular flexibility index (Phi) is 3.72. The molecule has 1 unspecified atom stereocenters. The molecular weight excluding hydrogens is 230 g/mol. The van der Waals surface area contributed by atoms with E-state index >= 15 is 0 Å². The Morgan fingerprint density at radius 2 is 2.33 bits per heavy atom. The summed E-state index contributed by atoms with van der Waals surface area (Å²) in [4.78, 5) is 13.5. The minimum atomic E-state index is -0.491. The second-order valence-electron chi connectivity index (χ2n) is 4.48. The van der Waals surface area contributed by atoms with Crippen LogP contribution in [0, 0.1) is 0 Å². The molecular formula is C13H19N3O2. The van der Waals surface area contributed by atoms with Gasteiger partial charge in [-0.15, -0.1) is 0 Å². The number of nitrogen functional groups attached to an aromatic ring is 1. The number of hydrogen-bond donors (Lipinski definition) is 2. The van der Waals surface area contributed by atoms with Gasteiger partial charge in [0, 0.05) is 24.5 Å². The first kappa shape index (κ1) is 12.7. The molecule has 0 spiro atoms. The second kappa shape index (κ2) is 5.27. The highest BCUT2D eigenvalue weighted by molar-refractivity contribution is 5.99. The largest absolute Gasteiger partial charge is 0.398 e.